The maximum Gasteiger partial charge on any atom is 0.244 e. The molecule has 0 saturated heterocycles. The fraction of sp³-hybridized carbons (Fsp3) is 0.435. The van der Waals surface area contributed by atoms with E-state index in [0.717, 1.165) is 36.8 Å². The molecule has 162 valence electrons. The summed E-state index contributed by atoms with van der Waals surface area (Å²) < 4.78 is 28.6. The van der Waals surface area contributed by atoms with Gasteiger partial charge in [-0.1, -0.05) is 54.3 Å². The van der Waals surface area contributed by atoms with Crippen LogP contribution in [0, 0.1) is 20.8 Å². The van der Waals surface area contributed by atoms with Gasteiger partial charge in [-0.05, 0) is 62.4 Å². The molecule has 0 aliphatic heterocycles. The van der Waals surface area contributed by atoms with Crippen LogP contribution >= 0.6 is 11.6 Å². The molecule has 0 heterocycles. The highest BCUT2D eigenvalue weighted by molar-refractivity contribution is 7.89. The molecule has 1 amide bonds. The van der Waals surface area contributed by atoms with Crippen molar-refractivity contribution in [1.29, 1.82) is 0 Å². The first-order chi connectivity index (χ1) is 14.2. The van der Waals surface area contributed by atoms with Gasteiger partial charge >= 0.3 is 0 Å². The summed E-state index contributed by atoms with van der Waals surface area (Å²) >= 11 is 5.97. The van der Waals surface area contributed by atoms with Crippen LogP contribution in [0.25, 0.3) is 0 Å². The Hall–Kier alpha value is -1.89. The Morgan fingerprint density at radius 1 is 1.07 bits per heavy atom. The van der Waals surface area contributed by atoms with Crippen LogP contribution in [0.3, 0.4) is 0 Å². The molecule has 0 unspecified atom stereocenters. The zero-order chi connectivity index (χ0) is 21.9. The van der Waals surface area contributed by atoms with Crippen molar-refractivity contribution < 1.29 is 13.2 Å². The third-order valence-electron chi connectivity index (χ3n) is 5.51. The second kappa shape index (κ2) is 9.50. The number of amides is 1. The Morgan fingerprint density at radius 3 is 2.20 bits per heavy atom. The number of carbonyl (C=O) groups is 1. The van der Waals surface area contributed by atoms with Crippen LogP contribution in [-0.2, 0) is 21.4 Å². The highest BCUT2D eigenvalue weighted by Gasteiger charge is 2.30. The molecule has 0 bridgehead atoms. The molecule has 7 heteroatoms. The molecule has 30 heavy (non-hydrogen) atoms. The van der Waals surface area contributed by atoms with Crippen LogP contribution in [-0.4, -0.2) is 31.2 Å². The Morgan fingerprint density at radius 2 is 1.63 bits per heavy atom. The largest absolute Gasteiger partial charge is 0.352 e. The second-order valence-corrected chi connectivity index (χ2v) is 10.5. The van der Waals surface area contributed by atoms with Crippen LogP contribution in [0.2, 0.25) is 5.02 Å². The van der Waals surface area contributed by atoms with Crippen molar-refractivity contribution in [3.05, 3.63) is 63.7 Å². The number of halogens is 1. The van der Waals surface area contributed by atoms with Crippen molar-refractivity contribution in [2.24, 2.45) is 0 Å². The van der Waals surface area contributed by atoms with Gasteiger partial charge in [-0.2, -0.15) is 4.31 Å². The third-order valence-corrected chi connectivity index (χ3v) is 7.86. The first-order valence-electron chi connectivity index (χ1n) is 10.3. The van der Waals surface area contributed by atoms with E-state index in [9.17, 15) is 13.2 Å². The van der Waals surface area contributed by atoms with E-state index in [-0.39, 0.29) is 29.9 Å². The normalized spacial score (nSPS) is 15.0. The van der Waals surface area contributed by atoms with Crippen molar-refractivity contribution in [3.63, 3.8) is 0 Å². The standard InChI is InChI=1S/C23H29ClN2O3S/c1-16-12-17(2)23(18(3)13-16)30(28,29)26(14-19-8-10-20(24)11-9-19)15-22(27)25-21-6-4-5-7-21/h8-13,21H,4-7,14-15H2,1-3H3,(H,25,27). The van der Waals surface area contributed by atoms with Crippen molar-refractivity contribution in [1.82, 2.24) is 9.62 Å². The van der Waals surface area contributed by atoms with Crippen molar-refractivity contribution >= 4 is 27.5 Å². The predicted octanol–water partition coefficient (Wildman–Crippen LogP) is 4.51. The number of nitrogens with one attached hydrogen (secondary N) is 1. The summed E-state index contributed by atoms with van der Waals surface area (Å²) in [5, 5.41) is 3.58. The molecule has 0 atom stereocenters. The summed E-state index contributed by atoms with van der Waals surface area (Å²) in [4.78, 5) is 13.0. The fourth-order valence-electron chi connectivity index (χ4n) is 4.23. The van der Waals surface area contributed by atoms with Gasteiger partial charge in [0.25, 0.3) is 0 Å². The summed E-state index contributed by atoms with van der Waals surface area (Å²) in [6.45, 7) is 5.42. The molecular weight excluding hydrogens is 420 g/mol. The number of sulfonamides is 1. The number of hydrogen-bond donors (Lipinski definition) is 1. The lowest BCUT2D eigenvalue weighted by Crippen LogP contribution is -2.43. The minimum Gasteiger partial charge on any atom is -0.352 e. The zero-order valence-corrected chi connectivity index (χ0v) is 19.3. The third kappa shape index (κ3) is 5.42. The van der Waals surface area contributed by atoms with Crippen molar-refractivity contribution in [2.75, 3.05) is 6.54 Å². The number of hydrogen-bond acceptors (Lipinski definition) is 3. The smallest absolute Gasteiger partial charge is 0.244 e. The topological polar surface area (TPSA) is 66.5 Å². The SMILES string of the molecule is Cc1cc(C)c(S(=O)(=O)N(CC(=O)NC2CCCC2)Cc2ccc(Cl)cc2)c(C)c1. The molecule has 0 aromatic heterocycles. The first kappa shape index (κ1) is 22.8. The van der Waals surface area contributed by atoms with Crippen LogP contribution < -0.4 is 5.32 Å². The van der Waals surface area contributed by atoms with E-state index in [1.165, 1.54) is 4.31 Å². The van der Waals surface area contributed by atoms with E-state index >= 15 is 0 Å². The molecule has 0 radical (unpaired) electrons. The molecule has 1 aliphatic rings. The summed E-state index contributed by atoms with van der Waals surface area (Å²) in [5.41, 5.74) is 3.15. The molecule has 2 aromatic carbocycles. The van der Waals surface area contributed by atoms with Gasteiger partial charge in [0.15, 0.2) is 0 Å². The minimum absolute atomic E-state index is 0.102. The average Bonchev–Trinajstić information content (AvgIpc) is 3.14. The lowest BCUT2D eigenvalue weighted by molar-refractivity contribution is -0.122. The fourth-order valence-corrected chi connectivity index (χ4v) is 6.15. The highest BCUT2D eigenvalue weighted by Crippen LogP contribution is 2.27. The zero-order valence-electron chi connectivity index (χ0n) is 17.7. The van der Waals surface area contributed by atoms with Gasteiger partial charge in [0.2, 0.25) is 15.9 Å². The van der Waals surface area contributed by atoms with Crippen LogP contribution in [0.1, 0.15) is 47.9 Å². The molecule has 1 N–H and O–H groups in total. The number of nitrogens with zero attached hydrogens (tertiary/aromatic N) is 1. The van der Waals surface area contributed by atoms with E-state index in [0.29, 0.717) is 16.1 Å². The molecule has 1 saturated carbocycles. The van der Waals surface area contributed by atoms with E-state index in [2.05, 4.69) is 5.32 Å². The maximum atomic E-state index is 13.6. The molecule has 3 rings (SSSR count). The predicted molar refractivity (Wildman–Crippen MR) is 120 cm³/mol. The van der Waals surface area contributed by atoms with Crippen molar-refractivity contribution in [3.8, 4) is 0 Å². The Labute approximate surface area is 184 Å². The molecular formula is C23H29ClN2O3S. The summed E-state index contributed by atoms with van der Waals surface area (Å²) in [6, 6.07) is 10.9. The molecule has 2 aromatic rings. The van der Waals surface area contributed by atoms with Gasteiger partial charge in [0.05, 0.1) is 11.4 Å². The molecule has 5 nitrogen and oxygen atoms in total. The van der Waals surface area contributed by atoms with Crippen LogP contribution in [0.5, 0.6) is 0 Å². The van der Waals surface area contributed by atoms with E-state index < -0.39 is 10.0 Å². The lowest BCUT2D eigenvalue weighted by atomic mass is 10.1. The van der Waals surface area contributed by atoms with Gasteiger partial charge in [-0.3, -0.25) is 4.79 Å². The summed E-state index contributed by atoms with van der Waals surface area (Å²) in [6.07, 6.45) is 4.09. The van der Waals surface area contributed by atoms with Gasteiger partial charge in [0, 0.05) is 17.6 Å². The highest BCUT2D eigenvalue weighted by atomic mass is 35.5. The molecule has 1 fully saturated rings. The van der Waals surface area contributed by atoms with Crippen LogP contribution in [0.4, 0.5) is 0 Å². The average molecular weight is 449 g/mol. The van der Waals surface area contributed by atoms with Gasteiger partial charge in [0.1, 0.15) is 0 Å². The number of rotatable bonds is 7. The van der Waals surface area contributed by atoms with Crippen molar-refractivity contribution in [2.45, 2.75) is 63.9 Å². The lowest BCUT2D eigenvalue weighted by Gasteiger charge is -2.25. The summed E-state index contributed by atoms with van der Waals surface area (Å²) in [5.74, 6) is -0.262. The van der Waals surface area contributed by atoms with Crippen LogP contribution in [0.15, 0.2) is 41.3 Å². The van der Waals surface area contributed by atoms with E-state index in [1.54, 1.807) is 38.1 Å². The monoisotopic (exact) mass is 448 g/mol. The summed E-state index contributed by atoms with van der Waals surface area (Å²) in [7, 11) is -3.88. The van der Waals surface area contributed by atoms with Gasteiger partial charge in [-0.15, -0.1) is 0 Å². The van der Waals surface area contributed by atoms with E-state index in [1.807, 2.05) is 19.1 Å². The second-order valence-electron chi connectivity index (χ2n) is 8.18. The minimum atomic E-state index is -3.88. The van der Waals surface area contributed by atoms with Gasteiger partial charge in [-0.25, -0.2) is 8.42 Å². The quantitative estimate of drug-likeness (QED) is 0.677. The Bertz CT molecular complexity index is 990. The number of aryl methyl sites for hydroxylation is 3. The molecule has 1 aliphatic carbocycles. The first-order valence-corrected chi connectivity index (χ1v) is 12.1. The van der Waals surface area contributed by atoms with E-state index in [4.69, 9.17) is 11.6 Å². The molecule has 0 spiro atoms. The maximum absolute atomic E-state index is 13.6. The Balaban J connectivity index is 1.92. The Kier molecular flexibility index (Phi) is 7.22. The van der Waals surface area contributed by atoms with Gasteiger partial charge < -0.3 is 5.32 Å². The number of benzene rings is 2. The number of carbonyl (C=O) groups excluding carboxylic acids is 1.